The number of nitrogens with zero attached hydrogens (tertiary/aromatic N) is 3. The fourth-order valence-corrected chi connectivity index (χ4v) is 5.76. The number of amides is 1. The lowest BCUT2D eigenvalue weighted by atomic mass is 9.96. The maximum absolute atomic E-state index is 13.4. The minimum Gasteiger partial charge on any atom is -0.283 e. The first-order chi connectivity index (χ1) is 17.5. The van der Waals surface area contributed by atoms with Gasteiger partial charge in [-0.1, -0.05) is 87.7 Å². The number of halogens is 3. The number of carbonyl (C=O) groups excluding carboxylic acids is 1. The summed E-state index contributed by atoms with van der Waals surface area (Å²) in [5, 5.41) is 12.1. The fourth-order valence-electron chi connectivity index (χ4n) is 5.00. The number of nitrogens with one attached hydrogen (secondary N) is 1. The van der Waals surface area contributed by atoms with E-state index in [0.717, 1.165) is 10.0 Å². The van der Waals surface area contributed by atoms with Crippen LogP contribution in [-0.2, 0) is 17.9 Å². The van der Waals surface area contributed by atoms with Crippen molar-refractivity contribution in [2.45, 2.75) is 25.6 Å². The van der Waals surface area contributed by atoms with Crippen LogP contribution in [0.1, 0.15) is 29.2 Å². The SMILES string of the molecule is O=C(NN1Cc2cccc3cccc(c23)C1)C1=NN(c2ccc(Cl)cc2Cl)C(c2ccc(Br)cc2)C1. The molecule has 1 unspecified atom stereocenters. The standard InChI is InChI=1S/C28H21BrCl2N4O/c29-21-9-7-17(8-10-21)26-14-24(32-35(26)25-12-11-22(30)13-23(25)31)28(36)33-34-15-19-5-1-3-18-4-2-6-20(16-34)27(18)19/h1-13,26H,14-16H2,(H,33,36). The summed E-state index contributed by atoms with van der Waals surface area (Å²) in [6.07, 6.45) is 0.451. The number of hydrogen-bond acceptors (Lipinski definition) is 4. The molecule has 180 valence electrons. The van der Waals surface area contributed by atoms with Crippen LogP contribution < -0.4 is 10.4 Å². The zero-order chi connectivity index (χ0) is 24.8. The smallest absolute Gasteiger partial charge is 0.281 e. The molecule has 0 bridgehead atoms. The van der Waals surface area contributed by atoms with Gasteiger partial charge >= 0.3 is 0 Å². The van der Waals surface area contributed by atoms with Gasteiger partial charge in [0.05, 0.1) is 16.8 Å². The van der Waals surface area contributed by atoms with Crippen molar-refractivity contribution in [1.29, 1.82) is 0 Å². The summed E-state index contributed by atoms with van der Waals surface area (Å²) in [4.78, 5) is 13.4. The largest absolute Gasteiger partial charge is 0.283 e. The molecule has 0 fully saturated rings. The van der Waals surface area contributed by atoms with E-state index in [4.69, 9.17) is 28.3 Å². The molecule has 0 aromatic heterocycles. The van der Waals surface area contributed by atoms with Crippen molar-refractivity contribution in [3.05, 3.63) is 110 Å². The minimum atomic E-state index is -0.212. The van der Waals surface area contributed by atoms with E-state index in [9.17, 15) is 4.79 Å². The third-order valence-electron chi connectivity index (χ3n) is 6.64. The lowest BCUT2D eigenvalue weighted by molar-refractivity contribution is -0.120. The van der Waals surface area contributed by atoms with Gasteiger partial charge in [-0.05, 0) is 57.8 Å². The first kappa shape index (κ1) is 23.5. The van der Waals surface area contributed by atoms with Gasteiger partial charge in [0.25, 0.3) is 5.91 Å². The molecule has 1 atom stereocenters. The van der Waals surface area contributed by atoms with E-state index in [0.29, 0.717) is 41.0 Å². The number of carbonyl (C=O) groups is 1. The molecular weight excluding hydrogens is 559 g/mol. The van der Waals surface area contributed by atoms with Crippen LogP contribution in [0.5, 0.6) is 0 Å². The quantitative estimate of drug-likeness (QED) is 0.277. The lowest BCUT2D eigenvalue weighted by Gasteiger charge is -2.29. The van der Waals surface area contributed by atoms with E-state index < -0.39 is 0 Å². The molecule has 0 aliphatic carbocycles. The molecule has 0 radical (unpaired) electrons. The molecule has 5 nitrogen and oxygen atoms in total. The monoisotopic (exact) mass is 578 g/mol. The predicted octanol–water partition coefficient (Wildman–Crippen LogP) is 7.26. The molecule has 0 saturated carbocycles. The van der Waals surface area contributed by atoms with E-state index in [2.05, 4.69) is 57.8 Å². The van der Waals surface area contributed by atoms with Crippen LogP contribution in [-0.4, -0.2) is 16.6 Å². The third-order valence-corrected chi connectivity index (χ3v) is 7.71. The molecule has 4 aromatic carbocycles. The van der Waals surface area contributed by atoms with Crippen LogP contribution in [0.3, 0.4) is 0 Å². The molecule has 8 heteroatoms. The van der Waals surface area contributed by atoms with Gasteiger partial charge in [0.15, 0.2) is 0 Å². The average Bonchev–Trinajstić information content (AvgIpc) is 3.30. The minimum absolute atomic E-state index is 0.173. The van der Waals surface area contributed by atoms with E-state index in [1.165, 1.54) is 21.9 Å². The first-order valence-corrected chi connectivity index (χ1v) is 13.1. The molecule has 0 saturated heterocycles. The Hall–Kier alpha value is -2.90. The van der Waals surface area contributed by atoms with Crippen molar-refractivity contribution in [3.8, 4) is 0 Å². The van der Waals surface area contributed by atoms with Crippen LogP contribution in [0, 0.1) is 0 Å². The van der Waals surface area contributed by atoms with Crippen LogP contribution >= 0.6 is 39.1 Å². The van der Waals surface area contributed by atoms with Gasteiger partial charge in [0, 0.05) is 29.0 Å². The van der Waals surface area contributed by atoms with Crippen molar-refractivity contribution in [1.82, 2.24) is 10.4 Å². The van der Waals surface area contributed by atoms with Crippen LogP contribution in [0.15, 0.2) is 88.4 Å². The maximum Gasteiger partial charge on any atom is 0.281 e. The molecule has 6 rings (SSSR count). The zero-order valence-corrected chi connectivity index (χ0v) is 22.2. The third kappa shape index (κ3) is 4.39. The summed E-state index contributed by atoms with van der Waals surface area (Å²) in [6, 6.07) is 25.8. The molecule has 36 heavy (non-hydrogen) atoms. The van der Waals surface area contributed by atoms with Crippen molar-refractivity contribution in [2.24, 2.45) is 5.10 Å². The van der Waals surface area contributed by atoms with Crippen LogP contribution in [0.2, 0.25) is 10.0 Å². The molecular formula is C28H21BrCl2N4O. The Morgan fingerprint density at radius 1 is 0.944 bits per heavy atom. The number of benzene rings is 4. The first-order valence-electron chi connectivity index (χ1n) is 11.6. The summed E-state index contributed by atoms with van der Waals surface area (Å²) in [6.45, 7) is 1.27. The lowest BCUT2D eigenvalue weighted by Crippen LogP contribution is -2.45. The second kappa shape index (κ2) is 9.52. The van der Waals surface area contributed by atoms with Gasteiger partial charge < -0.3 is 0 Å². The van der Waals surface area contributed by atoms with E-state index in [-0.39, 0.29) is 11.9 Å². The van der Waals surface area contributed by atoms with Crippen LogP contribution in [0.4, 0.5) is 5.69 Å². The van der Waals surface area contributed by atoms with Gasteiger partial charge in [-0.25, -0.2) is 5.01 Å². The van der Waals surface area contributed by atoms with Gasteiger partial charge in [-0.2, -0.15) is 5.10 Å². The number of hydrazine groups is 1. The van der Waals surface area contributed by atoms with Gasteiger partial charge in [0.1, 0.15) is 5.71 Å². The van der Waals surface area contributed by atoms with Gasteiger partial charge in [0.2, 0.25) is 0 Å². The highest BCUT2D eigenvalue weighted by atomic mass is 79.9. The highest BCUT2D eigenvalue weighted by molar-refractivity contribution is 9.10. The number of rotatable bonds is 4. The van der Waals surface area contributed by atoms with E-state index in [1.54, 1.807) is 12.1 Å². The normalized spacial score (nSPS) is 17.4. The van der Waals surface area contributed by atoms with Crippen LogP contribution in [0.25, 0.3) is 10.8 Å². The summed E-state index contributed by atoms with van der Waals surface area (Å²) in [5.74, 6) is -0.212. The summed E-state index contributed by atoms with van der Waals surface area (Å²) < 4.78 is 0.986. The number of hydrazone groups is 1. The van der Waals surface area contributed by atoms with Crippen molar-refractivity contribution >= 4 is 67.2 Å². The summed E-state index contributed by atoms with van der Waals surface area (Å²) in [7, 11) is 0. The molecule has 1 amide bonds. The molecule has 1 N–H and O–H groups in total. The Balaban J connectivity index is 1.28. The predicted molar refractivity (Wildman–Crippen MR) is 149 cm³/mol. The second-order valence-corrected chi connectivity index (χ2v) is 10.7. The van der Waals surface area contributed by atoms with E-state index >= 15 is 0 Å². The Morgan fingerprint density at radius 2 is 1.64 bits per heavy atom. The Labute approximate surface area is 227 Å². The van der Waals surface area contributed by atoms with Crippen molar-refractivity contribution in [2.75, 3.05) is 5.01 Å². The molecule has 0 spiro atoms. The van der Waals surface area contributed by atoms with Gasteiger partial charge in [-0.15, -0.1) is 0 Å². The highest BCUT2D eigenvalue weighted by Gasteiger charge is 2.34. The Bertz CT molecular complexity index is 1480. The topological polar surface area (TPSA) is 47.9 Å². The zero-order valence-electron chi connectivity index (χ0n) is 19.1. The number of anilines is 1. The molecule has 2 aliphatic heterocycles. The van der Waals surface area contributed by atoms with Gasteiger partial charge in [-0.3, -0.25) is 15.2 Å². The number of hydrogen-bond donors (Lipinski definition) is 1. The summed E-state index contributed by atoms with van der Waals surface area (Å²) >= 11 is 16.2. The highest BCUT2D eigenvalue weighted by Crippen LogP contribution is 2.40. The Kier molecular flexibility index (Phi) is 6.21. The molecule has 2 aliphatic rings. The van der Waals surface area contributed by atoms with Crippen molar-refractivity contribution < 1.29 is 4.79 Å². The van der Waals surface area contributed by atoms with Crippen molar-refractivity contribution in [3.63, 3.8) is 0 Å². The maximum atomic E-state index is 13.4. The molecule has 4 aromatic rings. The molecule has 2 heterocycles. The second-order valence-electron chi connectivity index (χ2n) is 8.99. The average molecular weight is 580 g/mol. The fraction of sp³-hybridized carbons (Fsp3) is 0.143. The van der Waals surface area contributed by atoms with E-state index in [1.807, 2.05) is 40.3 Å². The summed E-state index contributed by atoms with van der Waals surface area (Å²) in [5.41, 5.74) is 7.69. The Morgan fingerprint density at radius 3 is 2.31 bits per heavy atom.